The quantitative estimate of drug-likeness (QED) is 0.559. The Bertz CT molecular complexity index is 376. The highest BCUT2D eigenvalue weighted by Crippen LogP contribution is 2.37. The molecule has 0 aromatic rings. The first-order valence-corrected chi connectivity index (χ1v) is 10.1. The number of carbonyl (C=O) groups excluding carboxylic acids is 1. The van der Waals surface area contributed by atoms with Crippen molar-refractivity contribution in [3.8, 4) is 0 Å². The molecule has 6 heteroatoms. The third-order valence-electron chi connectivity index (χ3n) is 4.52. The summed E-state index contributed by atoms with van der Waals surface area (Å²) in [6, 6.07) is 0.00150. The van der Waals surface area contributed by atoms with E-state index in [9.17, 15) is 9.59 Å². The summed E-state index contributed by atoms with van der Waals surface area (Å²) in [6.07, 6.45) is 1.29. The third kappa shape index (κ3) is 4.31. The molecule has 20 heavy (non-hydrogen) atoms. The molecule has 0 spiro atoms. The molecule has 1 fully saturated rings. The number of β-lactam (4-membered cyclic amide) rings is 1. The maximum Gasteiger partial charge on any atom is 0.303 e. The standard InChI is InChI=1S/C14H27NO4Si/c1-14(2,3)20(4,5)19-9-8-10-11(15-13(10)18)6-7-12(16)17/h10-11H,6-9H2,1-5H3,(H,15,18)(H,16,17). The number of amides is 1. The Morgan fingerprint density at radius 2 is 1.95 bits per heavy atom. The van der Waals surface area contributed by atoms with Gasteiger partial charge in [-0.2, -0.15) is 0 Å². The van der Waals surface area contributed by atoms with Crippen LogP contribution in [0.5, 0.6) is 0 Å². The number of carboxylic acid groups (broad SMARTS) is 1. The van der Waals surface area contributed by atoms with Crippen molar-refractivity contribution in [2.45, 2.75) is 64.2 Å². The van der Waals surface area contributed by atoms with Gasteiger partial charge in [-0.25, -0.2) is 0 Å². The fraction of sp³-hybridized carbons (Fsp3) is 0.857. The van der Waals surface area contributed by atoms with Crippen molar-refractivity contribution >= 4 is 20.2 Å². The number of carbonyl (C=O) groups is 2. The van der Waals surface area contributed by atoms with Gasteiger partial charge in [0.05, 0.1) is 5.92 Å². The minimum Gasteiger partial charge on any atom is -0.481 e. The molecule has 1 aliphatic heterocycles. The molecule has 1 saturated heterocycles. The van der Waals surface area contributed by atoms with Gasteiger partial charge in [0.15, 0.2) is 8.32 Å². The SMILES string of the molecule is CC(C)(C)[Si](C)(C)OCCC1C(=O)NC1CCC(=O)O. The van der Waals surface area contributed by atoms with Crippen LogP contribution < -0.4 is 5.32 Å². The van der Waals surface area contributed by atoms with E-state index < -0.39 is 14.3 Å². The maximum atomic E-state index is 11.5. The van der Waals surface area contributed by atoms with Crippen LogP contribution in [0.1, 0.15) is 40.0 Å². The van der Waals surface area contributed by atoms with E-state index in [1.165, 1.54) is 0 Å². The molecule has 1 heterocycles. The summed E-state index contributed by atoms with van der Waals surface area (Å²) < 4.78 is 6.07. The van der Waals surface area contributed by atoms with Gasteiger partial charge in [-0.3, -0.25) is 9.59 Å². The van der Waals surface area contributed by atoms with Gasteiger partial charge in [-0.05, 0) is 31.0 Å². The van der Waals surface area contributed by atoms with Crippen molar-refractivity contribution in [3.05, 3.63) is 0 Å². The number of nitrogens with one attached hydrogen (secondary N) is 1. The third-order valence-corrected chi connectivity index (χ3v) is 9.06. The van der Waals surface area contributed by atoms with Gasteiger partial charge in [0.25, 0.3) is 0 Å². The molecule has 0 aliphatic carbocycles. The Kier molecular flexibility index (Phi) is 5.37. The van der Waals surface area contributed by atoms with E-state index in [1.54, 1.807) is 0 Å². The van der Waals surface area contributed by atoms with Crippen molar-refractivity contribution in [2.75, 3.05) is 6.61 Å². The first-order chi connectivity index (χ1) is 9.04. The van der Waals surface area contributed by atoms with E-state index in [2.05, 4.69) is 39.2 Å². The van der Waals surface area contributed by atoms with Gasteiger partial charge in [0.1, 0.15) is 0 Å². The molecule has 2 atom stereocenters. The zero-order valence-electron chi connectivity index (χ0n) is 13.2. The van der Waals surface area contributed by atoms with Crippen LogP contribution in [0.25, 0.3) is 0 Å². The maximum absolute atomic E-state index is 11.5. The highest BCUT2D eigenvalue weighted by molar-refractivity contribution is 6.74. The van der Waals surface area contributed by atoms with Crippen molar-refractivity contribution in [2.24, 2.45) is 5.92 Å². The van der Waals surface area contributed by atoms with E-state index in [-0.39, 0.29) is 29.3 Å². The molecular formula is C14H27NO4Si. The highest BCUT2D eigenvalue weighted by atomic mass is 28.4. The Morgan fingerprint density at radius 3 is 2.40 bits per heavy atom. The lowest BCUT2D eigenvalue weighted by molar-refractivity contribution is -0.140. The lowest BCUT2D eigenvalue weighted by Crippen LogP contribution is -2.58. The molecular weight excluding hydrogens is 274 g/mol. The van der Waals surface area contributed by atoms with E-state index >= 15 is 0 Å². The molecule has 0 radical (unpaired) electrons. The summed E-state index contributed by atoms with van der Waals surface area (Å²) in [5, 5.41) is 11.6. The monoisotopic (exact) mass is 301 g/mol. The summed E-state index contributed by atoms with van der Waals surface area (Å²) in [6.45, 7) is 11.5. The van der Waals surface area contributed by atoms with E-state index in [4.69, 9.17) is 9.53 Å². The Labute approximate surface area is 122 Å². The van der Waals surface area contributed by atoms with E-state index in [0.717, 1.165) is 0 Å². The summed E-state index contributed by atoms with van der Waals surface area (Å²) in [7, 11) is -1.77. The molecule has 116 valence electrons. The van der Waals surface area contributed by atoms with Crippen LogP contribution in [-0.2, 0) is 14.0 Å². The second-order valence-corrected chi connectivity index (χ2v) is 11.9. The van der Waals surface area contributed by atoms with Gasteiger partial charge in [0.2, 0.25) is 5.91 Å². The molecule has 1 aliphatic rings. The average molecular weight is 301 g/mol. The molecule has 0 bridgehead atoms. The molecule has 0 aromatic heterocycles. The summed E-state index contributed by atoms with van der Waals surface area (Å²) >= 11 is 0. The predicted octanol–water partition coefficient (Wildman–Crippen LogP) is 2.38. The molecule has 1 rings (SSSR count). The smallest absolute Gasteiger partial charge is 0.303 e. The van der Waals surface area contributed by atoms with Crippen LogP contribution in [0.3, 0.4) is 0 Å². The van der Waals surface area contributed by atoms with Crippen molar-refractivity contribution in [1.82, 2.24) is 5.32 Å². The van der Waals surface area contributed by atoms with Crippen LogP contribution in [0.4, 0.5) is 0 Å². The summed E-state index contributed by atoms with van der Waals surface area (Å²) in [5.74, 6) is -0.874. The Hall–Kier alpha value is -0.883. The number of hydrogen-bond donors (Lipinski definition) is 2. The van der Waals surface area contributed by atoms with Gasteiger partial charge in [-0.15, -0.1) is 0 Å². The predicted molar refractivity (Wildman–Crippen MR) is 80.1 cm³/mol. The Morgan fingerprint density at radius 1 is 1.35 bits per heavy atom. The number of carboxylic acids is 1. The van der Waals surface area contributed by atoms with Gasteiger partial charge >= 0.3 is 5.97 Å². The molecule has 1 amide bonds. The number of hydrogen-bond acceptors (Lipinski definition) is 3. The molecule has 2 N–H and O–H groups in total. The minimum atomic E-state index is -1.77. The van der Waals surface area contributed by atoms with Crippen LogP contribution >= 0.6 is 0 Å². The lowest BCUT2D eigenvalue weighted by Gasteiger charge is -2.39. The molecule has 2 unspecified atom stereocenters. The van der Waals surface area contributed by atoms with Gasteiger partial charge < -0.3 is 14.8 Å². The fourth-order valence-electron chi connectivity index (χ4n) is 2.02. The Balaban J connectivity index is 2.37. The fourth-order valence-corrected chi connectivity index (χ4v) is 3.08. The normalized spacial score (nSPS) is 23.1. The second kappa shape index (κ2) is 6.26. The van der Waals surface area contributed by atoms with Crippen LogP contribution in [0.15, 0.2) is 0 Å². The zero-order valence-corrected chi connectivity index (χ0v) is 14.2. The molecule has 5 nitrogen and oxygen atoms in total. The van der Waals surface area contributed by atoms with E-state index in [0.29, 0.717) is 19.4 Å². The lowest BCUT2D eigenvalue weighted by atomic mass is 9.85. The first-order valence-electron chi connectivity index (χ1n) is 7.21. The average Bonchev–Trinajstić information content (AvgIpc) is 2.28. The number of aliphatic carboxylic acids is 1. The largest absolute Gasteiger partial charge is 0.481 e. The second-order valence-electron chi connectivity index (χ2n) is 7.05. The van der Waals surface area contributed by atoms with E-state index in [1.807, 2.05) is 0 Å². The first kappa shape index (κ1) is 17.2. The van der Waals surface area contributed by atoms with Crippen molar-refractivity contribution < 1.29 is 19.1 Å². The van der Waals surface area contributed by atoms with Crippen molar-refractivity contribution in [3.63, 3.8) is 0 Å². The molecule has 0 saturated carbocycles. The number of rotatable bonds is 7. The van der Waals surface area contributed by atoms with Crippen LogP contribution in [-0.4, -0.2) is 37.9 Å². The summed E-state index contributed by atoms with van der Waals surface area (Å²) in [5.41, 5.74) is 0. The van der Waals surface area contributed by atoms with Crippen LogP contribution in [0.2, 0.25) is 18.1 Å². The zero-order chi connectivity index (χ0) is 15.6. The van der Waals surface area contributed by atoms with Gasteiger partial charge in [0, 0.05) is 19.1 Å². The highest BCUT2D eigenvalue weighted by Gasteiger charge is 2.40. The minimum absolute atomic E-state index is 0.00150. The topological polar surface area (TPSA) is 75.6 Å². The van der Waals surface area contributed by atoms with Crippen molar-refractivity contribution in [1.29, 1.82) is 0 Å². The van der Waals surface area contributed by atoms with Gasteiger partial charge in [-0.1, -0.05) is 20.8 Å². The molecule has 0 aromatic carbocycles. The van der Waals surface area contributed by atoms with Crippen LogP contribution in [0, 0.1) is 5.92 Å². The summed E-state index contributed by atoms with van der Waals surface area (Å²) in [4.78, 5) is 22.1.